The first-order valence-electron chi connectivity index (χ1n) is 11.2. The van der Waals surface area contributed by atoms with Crippen LogP contribution in [0.4, 0.5) is 0 Å². The van der Waals surface area contributed by atoms with E-state index in [1.807, 2.05) is 6.07 Å². The third kappa shape index (κ3) is 3.65. The number of hydrogen-bond donors (Lipinski definition) is 2. The van der Waals surface area contributed by atoms with Crippen molar-refractivity contribution in [2.24, 2.45) is 5.41 Å². The van der Waals surface area contributed by atoms with Gasteiger partial charge in [-0.25, -0.2) is 4.21 Å². The van der Waals surface area contributed by atoms with Gasteiger partial charge < -0.3 is 19.3 Å². The molecule has 1 aliphatic heterocycles. The quantitative estimate of drug-likeness (QED) is 0.579. The van der Waals surface area contributed by atoms with E-state index in [1.165, 1.54) is 16.7 Å². The second-order valence-electron chi connectivity index (χ2n) is 9.33. The maximum atomic E-state index is 13.1. The molecule has 0 radical (unpaired) electrons. The number of carbonyl (C=O) groups excluding carboxylic acids is 2. The summed E-state index contributed by atoms with van der Waals surface area (Å²) in [5, 5.41) is 11.6. The van der Waals surface area contributed by atoms with Crippen LogP contribution in [0.1, 0.15) is 57.7 Å². The molecular formula is C24H24N4O5S. The van der Waals surface area contributed by atoms with Crippen LogP contribution in [-0.2, 0) is 24.2 Å². The van der Waals surface area contributed by atoms with Crippen LogP contribution in [0.2, 0.25) is 0 Å². The number of rotatable bonds is 7. The van der Waals surface area contributed by atoms with Gasteiger partial charge in [0, 0.05) is 31.6 Å². The van der Waals surface area contributed by atoms with Crippen LogP contribution in [0, 0.1) is 16.7 Å². The van der Waals surface area contributed by atoms with Crippen LogP contribution in [0.15, 0.2) is 41.2 Å². The fourth-order valence-corrected chi connectivity index (χ4v) is 6.14. The molecule has 34 heavy (non-hydrogen) atoms. The smallest absolute Gasteiger partial charge is 0.270 e. The average molecular weight is 481 g/mol. The third-order valence-electron chi connectivity index (χ3n) is 7.41. The van der Waals surface area contributed by atoms with Gasteiger partial charge >= 0.3 is 0 Å². The van der Waals surface area contributed by atoms with Crippen molar-refractivity contribution < 1.29 is 18.4 Å². The first kappa shape index (κ1) is 22.5. The van der Waals surface area contributed by atoms with E-state index in [0.29, 0.717) is 31.5 Å². The molecule has 0 saturated heterocycles. The Bertz CT molecular complexity index is 1300. The molecule has 0 bridgehead atoms. The van der Waals surface area contributed by atoms with Gasteiger partial charge in [-0.15, -0.1) is 0 Å². The Morgan fingerprint density at radius 2 is 1.79 bits per heavy atom. The molecule has 2 N–H and O–H groups in total. The van der Waals surface area contributed by atoms with Gasteiger partial charge in [0.1, 0.15) is 11.3 Å². The molecule has 2 saturated carbocycles. The summed E-state index contributed by atoms with van der Waals surface area (Å²) in [4.78, 5) is 40.4. The molecule has 5 rings (SSSR count). The number of nitrogens with zero attached hydrogens (tertiary/aromatic N) is 3. The van der Waals surface area contributed by atoms with Crippen molar-refractivity contribution >= 4 is 22.9 Å². The highest BCUT2D eigenvalue weighted by Gasteiger charge is 2.69. The van der Waals surface area contributed by atoms with Crippen LogP contribution >= 0.6 is 0 Å². The zero-order valence-corrected chi connectivity index (χ0v) is 19.3. The Kier molecular flexibility index (Phi) is 5.41. The standard InChI is InChI=1S/C24H24N4O5S/c25-13-16-1-3-17(4-2-16)14-26-20(29)18-5-6-19-22(31)27(11-12-28(19)21(18)30)15-23(7-8-23)24(9-10-24)34(32)33/h1-6H,7-12,14-15H2,(H,26,29)(H,32,33). The van der Waals surface area contributed by atoms with Crippen molar-refractivity contribution in [3.05, 3.63) is 69.1 Å². The molecule has 2 aromatic rings. The van der Waals surface area contributed by atoms with Crippen molar-refractivity contribution in [3.8, 4) is 6.07 Å². The van der Waals surface area contributed by atoms with Crippen molar-refractivity contribution in [2.45, 2.75) is 43.5 Å². The zero-order chi connectivity index (χ0) is 24.1. The third-order valence-corrected chi connectivity index (χ3v) is 8.92. The minimum Gasteiger partial charge on any atom is -0.348 e. The molecule has 2 amide bonds. The molecule has 1 aromatic carbocycles. The molecule has 10 heteroatoms. The Hall–Kier alpha value is -3.29. The molecule has 2 heterocycles. The van der Waals surface area contributed by atoms with Crippen LogP contribution in [0.5, 0.6) is 0 Å². The maximum Gasteiger partial charge on any atom is 0.270 e. The topological polar surface area (TPSA) is 132 Å². The van der Waals surface area contributed by atoms with Gasteiger partial charge in [-0.3, -0.25) is 14.4 Å². The second kappa shape index (κ2) is 8.18. The number of fused-ring (bicyclic) bond motifs is 1. The molecule has 0 spiro atoms. The summed E-state index contributed by atoms with van der Waals surface area (Å²) >= 11 is -1.91. The van der Waals surface area contributed by atoms with E-state index < -0.39 is 27.3 Å². The van der Waals surface area contributed by atoms with E-state index in [0.717, 1.165) is 18.4 Å². The summed E-state index contributed by atoms with van der Waals surface area (Å²) < 4.78 is 22.5. The predicted octanol–water partition coefficient (Wildman–Crippen LogP) is 1.64. The zero-order valence-electron chi connectivity index (χ0n) is 18.5. The van der Waals surface area contributed by atoms with E-state index >= 15 is 0 Å². The summed E-state index contributed by atoms with van der Waals surface area (Å²) in [6, 6.07) is 11.7. The van der Waals surface area contributed by atoms with Gasteiger partial charge in [-0.05, 0) is 55.5 Å². The van der Waals surface area contributed by atoms with Gasteiger partial charge in [0.15, 0.2) is 11.1 Å². The van der Waals surface area contributed by atoms with Gasteiger partial charge in [-0.2, -0.15) is 5.26 Å². The molecular weight excluding hydrogens is 456 g/mol. The molecule has 3 aliphatic rings. The molecule has 1 atom stereocenters. The number of amides is 2. The lowest BCUT2D eigenvalue weighted by Gasteiger charge is -2.35. The number of aromatic nitrogens is 1. The van der Waals surface area contributed by atoms with Crippen LogP contribution in [0.3, 0.4) is 0 Å². The highest BCUT2D eigenvalue weighted by molar-refractivity contribution is 7.81. The van der Waals surface area contributed by atoms with Gasteiger partial charge in [0.2, 0.25) is 0 Å². The number of benzene rings is 1. The van der Waals surface area contributed by atoms with E-state index in [1.54, 1.807) is 29.2 Å². The van der Waals surface area contributed by atoms with Crippen LogP contribution in [-0.4, -0.2) is 47.9 Å². The van der Waals surface area contributed by atoms with Crippen LogP contribution in [0.25, 0.3) is 0 Å². The first-order chi connectivity index (χ1) is 16.3. The van der Waals surface area contributed by atoms with E-state index in [9.17, 15) is 23.1 Å². The van der Waals surface area contributed by atoms with E-state index in [-0.39, 0.29) is 35.7 Å². The summed E-state index contributed by atoms with van der Waals surface area (Å²) in [7, 11) is 0. The van der Waals surface area contributed by atoms with Crippen molar-refractivity contribution in [1.82, 2.24) is 14.8 Å². The van der Waals surface area contributed by atoms with E-state index in [4.69, 9.17) is 5.26 Å². The Morgan fingerprint density at radius 3 is 2.38 bits per heavy atom. The SMILES string of the molecule is N#Cc1ccc(CNC(=O)c2ccc3n(c2=O)CCN(CC2(C4(S(=O)O)CC4)CC2)C3=O)cc1. The molecule has 1 unspecified atom stereocenters. The Labute approximate surface area is 198 Å². The van der Waals surface area contributed by atoms with Gasteiger partial charge in [-0.1, -0.05) is 12.1 Å². The Morgan fingerprint density at radius 1 is 1.09 bits per heavy atom. The summed E-state index contributed by atoms with van der Waals surface area (Å²) in [6.45, 7) is 1.20. The summed E-state index contributed by atoms with van der Waals surface area (Å²) in [6.07, 6.45) is 3.06. The molecule has 2 aliphatic carbocycles. The van der Waals surface area contributed by atoms with Crippen molar-refractivity contribution in [3.63, 3.8) is 0 Å². The maximum absolute atomic E-state index is 13.1. The fourth-order valence-electron chi connectivity index (χ4n) is 5.05. The van der Waals surface area contributed by atoms with E-state index in [2.05, 4.69) is 5.32 Å². The van der Waals surface area contributed by atoms with Gasteiger partial charge in [0.05, 0.1) is 16.4 Å². The highest BCUT2D eigenvalue weighted by atomic mass is 32.2. The number of hydrogen-bond acceptors (Lipinski definition) is 5. The van der Waals surface area contributed by atoms with Crippen molar-refractivity contribution in [1.29, 1.82) is 5.26 Å². The van der Waals surface area contributed by atoms with Gasteiger partial charge in [0.25, 0.3) is 17.4 Å². The number of pyridine rings is 1. The molecule has 176 valence electrons. The summed E-state index contributed by atoms with van der Waals surface area (Å²) in [5.74, 6) is -0.823. The average Bonchev–Trinajstić information content (AvgIpc) is 3.75. The lowest BCUT2D eigenvalue weighted by molar-refractivity contribution is 0.0651. The normalized spacial score (nSPS) is 20.1. The number of carbonyl (C=O) groups is 2. The predicted molar refractivity (Wildman–Crippen MR) is 123 cm³/mol. The van der Waals surface area contributed by atoms with Crippen molar-refractivity contribution in [2.75, 3.05) is 13.1 Å². The lowest BCUT2D eigenvalue weighted by Crippen LogP contribution is -2.49. The highest BCUT2D eigenvalue weighted by Crippen LogP contribution is 2.67. The first-order valence-corrected chi connectivity index (χ1v) is 12.3. The molecule has 2 fully saturated rings. The lowest BCUT2D eigenvalue weighted by atomic mass is 9.98. The fraction of sp³-hybridized carbons (Fsp3) is 0.417. The number of nitriles is 1. The molecule has 1 aromatic heterocycles. The minimum absolute atomic E-state index is 0.0371. The van der Waals surface area contributed by atoms with Crippen LogP contribution < -0.4 is 10.9 Å². The minimum atomic E-state index is -1.91. The second-order valence-corrected chi connectivity index (χ2v) is 10.6. The largest absolute Gasteiger partial charge is 0.348 e. The number of nitrogens with one attached hydrogen (secondary N) is 1. The Balaban J connectivity index is 1.29. The summed E-state index contributed by atoms with van der Waals surface area (Å²) in [5.41, 5.74) is 0.680. The molecule has 9 nitrogen and oxygen atoms in total. The monoisotopic (exact) mass is 480 g/mol.